The van der Waals surface area contributed by atoms with E-state index >= 15 is 0 Å². The Bertz CT molecular complexity index is 2150. The zero-order valence-corrected chi connectivity index (χ0v) is 31.8. The second-order valence-corrected chi connectivity index (χ2v) is 13.6. The summed E-state index contributed by atoms with van der Waals surface area (Å²) >= 11 is 0. The molecule has 0 bridgehead atoms. The normalized spacial score (nSPS) is 15.1. The smallest absolute Gasteiger partial charge is 0.198 e. The molecule has 1 aliphatic rings. The summed E-state index contributed by atoms with van der Waals surface area (Å²) in [4.78, 5) is 0. The van der Waals surface area contributed by atoms with Gasteiger partial charge in [0.2, 0.25) is 0 Å². The van der Waals surface area contributed by atoms with Gasteiger partial charge in [0.25, 0.3) is 0 Å². The minimum atomic E-state index is -0.704. The Morgan fingerprint density at radius 2 is 1.11 bits per heavy atom. The second kappa shape index (κ2) is 18.9. The van der Waals surface area contributed by atoms with Gasteiger partial charge >= 0.3 is 0 Å². The molecule has 0 aromatic heterocycles. The highest BCUT2D eigenvalue weighted by molar-refractivity contribution is 5.72. The molecule has 6 aromatic rings. The van der Waals surface area contributed by atoms with Crippen molar-refractivity contribution in [3.63, 3.8) is 0 Å². The first-order valence-corrected chi connectivity index (χ1v) is 19.0. The molecule has 1 heterocycles. The lowest BCUT2D eigenvalue weighted by Gasteiger charge is -2.36. The second-order valence-electron chi connectivity index (χ2n) is 13.6. The van der Waals surface area contributed by atoms with Crippen LogP contribution in [0.5, 0.6) is 28.7 Å². The van der Waals surface area contributed by atoms with Gasteiger partial charge in [0.15, 0.2) is 29.8 Å². The molecule has 3 unspecified atom stereocenters. The van der Waals surface area contributed by atoms with Crippen LogP contribution in [0, 0.1) is 5.41 Å². The van der Waals surface area contributed by atoms with Crippen LogP contribution < -0.4 is 23.7 Å². The van der Waals surface area contributed by atoms with E-state index in [4.69, 9.17) is 38.6 Å². The first kappa shape index (κ1) is 38.0. The number of rotatable bonds is 17. The number of ether oxygens (including phenoxy) is 7. The zero-order valence-electron chi connectivity index (χ0n) is 31.8. The lowest BCUT2D eigenvalue weighted by Crippen LogP contribution is -2.36. The fourth-order valence-corrected chi connectivity index (χ4v) is 6.48. The van der Waals surface area contributed by atoms with Crippen LogP contribution in [0.4, 0.5) is 0 Å². The lowest BCUT2D eigenvalue weighted by atomic mass is 9.93. The average Bonchev–Trinajstić information content (AvgIpc) is 3.24. The molecular formula is C48H47NO7. The van der Waals surface area contributed by atoms with Crippen molar-refractivity contribution in [2.75, 3.05) is 0 Å². The van der Waals surface area contributed by atoms with Gasteiger partial charge in [0, 0.05) is 30.5 Å². The minimum Gasteiger partial charge on any atom is -0.489 e. The fraction of sp³-hybridized carbons (Fsp3) is 0.229. The molecule has 3 atom stereocenters. The van der Waals surface area contributed by atoms with Crippen molar-refractivity contribution in [2.45, 2.75) is 71.6 Å². The third-order valence-corrected chi connectivity index (χ3v) is 9.39. The first-order chi connectivity index (χ1) is 27.5. The Kier molecular flexibility index (Phi) is 12.8. The Hall–Kier alpha value is -6.25. The largest absolute Gasteiger partial charge is 0.489 e. The van der Waals surface area contributed by atoms with E-state index in [1.807, 2.05) is 159 Å². The fourth-order valence-electron chi connectivity index (χ4n) is 6.48. The van der Waals surface area contributed by atoms with Crippen molar-refractivity contribution in [1.82, 2.24) is 0 Å². The Morgan fingerprint density at radius 3 is 1.64 bits per heavy atom. The molecule has 8 heteroatoms. The third-order valence-electron chi connectivity index (χ3n) is 9.39. The number of hydrogen-bond acceptors (Lipinski definition) is 8. The van der Waals surface area contributed by atoms with Gasteiger partial charge in [0.05, 0.1) is 0 Å². The Labute approximate surface area is 329 Å². The molecule has 56 heavy (non-hydrogen) atoms. The van der Waals surface area contributed by atoms with E-state index in [2.05, 4.69) is 0 Å². The topological polar surface area (TPSA) is 88.5 Å². The summed E-state index contributed by atoms with van der Waals surface area (Å²) in [6.07, 6.45) is -0.905. The van der Waals surface area contributed by atoms with Crippen LogP contribution >= 0.6 is 0 Å². The SMILES string of the molecule is CCC(=N)OC(C)OC1Cc2c(OCc3ccccc3)cc(OCc3ccccc3)cc2OC1c1ccc(OCc2ccccc2)c(OCc2ccccc2)c1. The Morgan fingerprint density at radius 1 is 0.607 bits per heavy atom. The van der Waals surface area contributed by atoms with Crippen molar-refractivity contribution in [2.24, 2.45) is 0 Å². The molecule has 0 amide bonds. The molecule has 8 nitrogen and oxygen atoms in total. The standard InChI is InChI=1S/C48H47NO7/c1-3-47(49)55-34(2)54-46-29-41-43(52-32-37-20-12-6-13-21-37)27-40(50-30-35-16-8-4-9-17-35)28-44(41)56-48(46)39-24-25-42(51-31-36-18-10-5-11-19-36)45(26-39)53-33-38-22-14-7-15-23-38/h4-28,34,46,48-49H,3,29-33H2,1-2H3. The predicted molar refractivity (Wildman–Crippen MR) is 216 cm³/mol. The summed E-state index contributed by atoms with van der Waals surface area (Å²) < 4.78 is 45.0. The van der Waals surface area contributed by atoms with Crippen LogP contribution in [0.2, 0.25) is 0 Å². The van der Waals surface area contributed by atoms with E-state index in [1.54, 1.807) is 6.92 Å². The van der Waals surface area contributed by atoms with Crippen molar-refractivity contribution >= 4 is 5.90 Å². The predicted octanol–water partition coefficient (Wildman–Crippen LogP) is 10.8. The molecule has 286 valence electrons. The summed E-state index contributed by atoms with van der Waals surface area (Å²) in [5.41, 5.74) is 5.86. The number of fused-ring (bicyclic) bond motifs is 1. The van der Waals surface area contributed by atoms with Crippen molar-refractivity contribution in [1.29, 1.82) is 5.41 Å². The summed E-state index contributed by atoms with van der Waals surface area (Å²) in [5.74, 6) is 3.25. The van der Waals surface area contributed by atoms with Crippen LogP contribution in [0.15, 0.2) is 152 Å². The summed E-state index contributed by atoms with van der Waals surface area (Å²) in [5, 5.41) is 8.19. The van der Waals surface area contributed by atoms with Crippen molar-refractivity contribution in [3.8, 4) is 28.7 Å². The van der Waals surface area contributed by atoms with Crippen LogP contribution in [-0.2, 0) is 42.3 Å². The van der Waals surface area contributed by atoms with Gasteiger partial charge in [-0.1, -0.05) is 134 Å². The lowest BCUT2D eigenvalue weighted by molar-refractivity contribution is -0.149. The maximum absolute atomic E-state index is 8.19. The number of benzene rings is 6. The van der Waals surface area contributed by atoms with Gasteiger partial charge in [-0.25, -0.2) is 0 Å². The van der Waals surface area contributed by atoms with E-state index in [-0.39, 0.29) is 5.90 Å². The van der Waals surface area contributed by atoms with E-state index in [0.29, 0.717) is 68.0 Å². The quantitative estimate of drug-likeness (QED) is 0.0564. The molecule has 0 radical (unpaired) electrons. The van der Waals surface area contributed by atoms with Crippen molar-refractivity contribution < 1.29 is 33.2 Å². The average molecular weight is 750 g/mol. The molecule has 0 saturated heterocycles. The van der Waals surface area contributed by atoms with Gasteiger partial charge in [-0.15, -0.1) is 0 Å². The third kappa shape index (κ3) is 10.3. The van der Waals surface area contributed by atoms with E-state index < -0.39 is 18.5 Å². The molecule has 1 aliphatic heterocycles. The summed E-state index contributed by atoms with van der Waals surface area (Å²) in [7, 11) is 0. The van der Waals surface area contributed by atoms with Gasteiger partial charge in [-0.2, -0.15) is 0 Å². The molecule has 0 spiro atoms. The van der Waals surface area contributed by atoms with E-state index in [0.717, 1.165) is 33.4 Å². The van der Waals surface area contributed by atoms with Crippen LogP contribution in [-0.4, -0.2) is 18.3 Å². The zero-order chi connectivity index (χ0) is 38.5. The molecule has 7 rings (SSSR count). The minimum absolute atomic E-state index is 0.148. The van der Waals surface area contributed by atoms with Gasteiger partial charge in [-0.3, -0.25) is 5.41 Å². The van der Waals surface area contributed by atoms with Crippen LogP contribution in [0.25, 0.3) is 0 Å². The molecule has 0 aliphatic carbocycles. The van der Waals surface area contributed by atoms with Gasteiger partial charge in [0.1, 0.15) is 49.8 Å². The Balaban J connectivity index is 1.23. The van der Waals surface area contributed by atoms with Gasteiger partial charge < -0.3 is 33.2 Å². The summed E-state index contributed by atoms with van der Waals surface area (Å²) in [6.45, 7) is 5.18. The molecule has 1 N–H and O–H groups in total. The van der Waals surface area contributed by atoms with E-state index in [9.17, 15) is 0 Å². The number of nitrogens with one attached hydrogen (secondary N) is 1. The maximum Gasteiger partial charge on any atom is 0.198 e. The van der Waals surface area contributed by atoms with Crippen LogP contribution in [0.1, 0.15) is 59.8 Å². The highest BCUT2D eigenvalue weighted by atomic mass is 16.7. The summed E-state index contributed by atoms with van der Waals surface area (Å²) in [6, 6.07) is 49.9. The van der Waals surface area contributed by atoms with Gasteiger partial charge in [-0.05, 0) is 46.9 Å². The number of hydrogen-bond donors (Lipinski definition) is 1. The molecule has 0 saturated carbocycles. The van der Waals surface area contributed by atoms with E-state index in [1.165, 1.54) is 0 Å². The highest BCUT2D eigenvalue weighted by Gasteiger charge is 2.37. The first-order valence-electron chi connectivity index (χ1n) is 19.0. The highest BCUT2D eigenvalue weighted by Crippen LogP contribution is 2.45. The monoisotopic (exact) mass is 749 g/mol. The maximum atomic E-state index is 8.19. The molecular weight excluding hydrogens is 703 g/mol. The molecule has 0 fully saturated rings. The van der Waals surface area contributed by atoms with Crippen LogP contribution in [0.3, 0.4) is 0 Å². The molecule has 6 aromatic carbocycles. The van der Waals surface area contributed by atoms with Crippen molar-refractivity contribution in [3.05, 3.63) is 185 Å².